The van der Waals surface area contributed by atoms with Crippen LogP contribution in [0.2, 0.25) is 0 Å². The summed E-state index contributed by atoms with van der Waals surface area (Å²) >= 11 is 1.18. The molecule has 0 bridgehead atoms. The number of benzene rings is 2. The normalized spacial score (nSPS) is 23.2. The van der Waals surface area contributed by atoms with Gasteiger partial charge in [0, 0.05) is 11.3 Å². The number of hydrogen-bond acceptors (Lipinski definition) is 5. The zero-order chi connectivity index (χ0) is 21.1. The fourth-order valence-corrected chi connectivity index (χ4v) is 5.47. The Balaban J connectivity index is 1.62. The molecule has 0 radical (unpaired) electrons. The monoisotopic (exact) mass is 423 g/mol. The second-order valence-electron chi connectivity index (χ2n) is 7.80. The van der Waals surface area contributed by atoms with Crippen LogP contribution in [0.4, 0.5) is 0 Å². The molecule has 1 amide bonds. The number of thioether (sulfide) groups is 1. The van der Waals surface area contributed by atoms with Gasteiger partial charge in [-0.15, -0.1) is 0 Å². The largest absolute Gasteiger partial charge is 0.467 e. The van der Waals surface area contributed by atoms with E-state index in [9.17, 15) is 14.4 Å². The highest BCUT2D eigenvalue weighted by molar-refractivity contribution is 8.14. The molecule has 5 nitrogen and oxygen atoms in total. The average molecular weight is 424 g/mol. The minimum absolute atomic E-state index is 0.0411. The van der Waals surface area contributed by atoms with Crippen molar-refractivity contribution in [3.05, 3.63) is 71.3 Å². The smallest absolute Gasteiger partial charge is 0.328 e. The molecule has 2 heterocycles. The van der Waals surface area contributed by atoms with Gasteiger partial charge in [-0.3, -0.25) is 9.59 Å². The molecule has 2 aromatic carbocycles. The van der Waals surface area contributed by atoms with E-state index in [1.807, 2.05) is 30.3 Å². The first-order chi connectivity index (χ1) is 14.6. The van der Waals surface area contributed by atoms with Crippen LogP contribution in [0.15, 0.2) is 54.6 Å². The van der Waals surface area contributed by atoms with E-state index >= 15 is 0 Å². The fraction of sp³-hybridized carbons (Fsp3) is 0.375. The lowest BCUT2D eigenvalue weighted by Crippen LogP contribution is -2.51. The number of esters is 1. The number of fused-ring (bicyclic) bond motifs is 3. The van der Waals surface area contributed by atoms with Crippen LogP contribution in [0.1, 0.15) is 46.8 Å². The van der Waals surface area contributed by atoms with Gasteiger partial charge in [0.05, 0.1) is 19.1 Å². The Morgan fingerprint density at radius 3 is 2.57 bits per heavy atom. The van der Waals surface area contributed by atoms with Gasteiger partial charge in [-0.25, -0.2) is 4.79 Å². The zero-order valence-electron chi connectivity index (χ0n) is 17.0. The van der Waals surface area contributed by atoms with Crippen molar-refractivity contribution in [1.82, 2.24) is 4.90 Å². The maximum Gasteiger partial charge on any atom is 0.328 e. The number of ether oxygens (including phenoxy) is 1. The van der Waals surface area contributed by atoms with E-state index in [-0.39, 0.29) is 29.0 Å². The summed E-state index contributed by atoms with van der Waals surface area (Å²) < 4.78 is 5.01. The quantitative estimate of drug-likeness (QED) is 0.695. The predicted octanol–water partition coefficient (Wildman–Crippen LogP) is 4.03. The number of piperidine rings is 1. The molecule has 6 heteroatoms. The van der Waals surface area contributed by atoms with E-state index in [1.165, 1.54) is 18.9 Å². The molecule has 2 aromatic rings. The van der Waals surface area contributed by atoms with Crippen molar-refractivity contribution < 1.29 is 19.1 Å². The van der Waals surface area contributed by atoms with E-state index in [2.05, 4.69) is 12.1 Å². The summed E-state index contributed by atoms with van der Waals surface area (Å²) in [6.07, 6.45) is 2.89. The molecule has 0 saturated carbocycles. The van der Waals surface area contributed by atoms with Crippen LogP contribution in [0.3, 0.4) is 0 Å². The highest BCUT2D eigenvalue weighted by Crippen LogP contribution is 2.41. The lowest BCUT2D eigenvalue weighted by molar-refractivity contribution is -0.159. The number of rotatable bonds is 4. The van der Waals surface area contributed by atoms with Crippen LogP contribution in [-0.2, 0) is 20.7 Å². The van der Waals surface area contributed by atoms with Gasteiger partial charge in [0.2, 0.25) is 11.0 Å². The minimum Gasteiger partial charge on any atom is -0.467 e. The first kappa shape index (κ1) is 20.7. The SMILES string of the molecule is COC(=O)[C@@H]1CCCC2c3ccccc3CC(CSC(=O)c3ccccc3)C(=O)N21. The summed E-state index contributed by atoms with van der Waals surface area (Å²) in [5.41, 5.74) is 2.87. The Hall–Kier alpha value is -2.60. The fourth-order valence-electron chi connectivity index (χ4n) is 4.55. The van der Waals surface area contributed by atoms with Crippen LogP contribution in [0.25, 0.3) is 0 Å². The van der Waals surface area contributed by atoms with Gasteiger partial charge in [-0.05, 0) is 36.8 Å². The van der Waals surface area contributed by atoms with Crippen LogP contribution >= 0.6 is 11.8 Å². The summed E-state index contributed by atoms with van der Waals surface area (Å²) in [5, 5.41) is -0.0411. The number of carbonyl (C=O) groups is 3. The van der Waals surface area contributed by atoms with Crippen molar-refractivity contribution in [2.75, 3.05) is 12.9 Å². The maximum absolute atomic E-state index is 13.6. The number of hydrogen-bond donors (Lipinski definition) is 0. The van der Waals surface area contributed by atoms with Gasteiger partial charge < -0.3 is 9.64 Å². The van der Waals surface area contributed by atoms with Crippen molar-refractivity contribution in [2.24, 2.45) is 5.92 Å². The molecule has 2 aliphatic heterocycles. The summed E-state index contributed by atoms with van der Waals surface area (Å²) in [7, 11) is 1.37. The summed E-state index contributed by atoms with van der Waals surface area (Å²) in [5.74, 6) is -0.393. The van der Waals surface area contributed by atoms with Crippen molar-refractivity contribution in [3.63, 3.8) is 0 Å². The highest BCUT2D eigenvalue weighted by Gasteiger charge is 2.44. The Bertz CT molecular complexity index is 945. The third-order valence-corrected chi connectivity index (χ3v) is 7.08. The Labute approximate surface area is 180 Å². The molecule has 0 aromatic heterocycles. The summed E-state index contributed by atoms with van der Waals surface area (Å²) in [6.45, 7) is 0. The molecule has 2 unspecified atom stereocenters. The number of methoxy groups -OCH3 is 1. The van der Waals surface area contributed by atoms with Gasteiger partial charge in [-0.2, -0.15) is 0 Å². The van der Waals surface area contributed by atoms with Crippen LogP contribution in [-0.4, -0.2) is 40.8 Å². The van der Waals surface area contributed by atoms with Gasteiger partial charge in [-0.1, -0.05) is 66.4 Å². The van der Waals surface area contributed by atoms with E-state index in [0.29, 0.717) is 24.2 Å². The molecular formula is C24H25NO4S. The molecule has 30 heavy (non-hydrogen) atoms. The molecule has 1 saturated heterocycles. The van der Waals surface area contributed by atoms with Crippen molar-refractivity contribution in [2.45, 2.75) is 37.8 Å². The molecule has 3 atom stereocenters. The van der Waals surface area contributed by atoms with Crippen LogP contribution in [0, 0.1) is 5.92 Å². The lowest BCUT2D eigenvalue weighted by Gasteiger charge is -2.41. The van der Waals surface area contributed by atoms with E-state index in [1.54, 1.807) is 17.0 Å². The van der Waals surface area contributed by atoms with Gasteiger partial charge >= 0.3 is 5.97 Å². The van der Waals surface area contributed by atoms with Gasteiger partial charge in [0.25, 0.3) is 0 Å². The molecule has 156 valence electrons. The van der Waals surface area contributed by atoms with Crippen molar-refractivity contribution in [1.29, 1.82) is 0 Å². The van der Waals surface area contributed by atoms with Crippen LogP contribution in [0.5, 0.6) is 0 Å². The summed E-state index contributed by atoms with van der Waals surface area (Å²) in [4.78, 5) is 40.4. The minimum atomic E-state index is -0.565. The van der Waals surface area contributed by atoms with E-state index in [4.69, 9.17) is 4.74 Å². The first-order valence-corrected chi connectivity index (χ1v) is 11.3. The summed E-state index contributed by atoms with van der Waals surface area (Å²) in [6, 6.07) is 16.5. The second-order valence-corrected chi connectivity index (χ2v) is 8.79. The topological polar surface area (TPSA) is 63.7 Å². The molecule has 2 aliphatic rings. The third kappa shape index (κ3) is 4.01. The number of carbonyl (C=O) groups excluding carboxylic acids is 3. The standard InChI is InChI=1S/C24H25NO4S/c1-29-23(27)21-13-7-12-20-19-11-6-5-10-17(19)14-18(22(26)25(20)21)15-30-24(28)16-8-3-2-4-9-16/h2-6,8-11,18,20-21H,7,12-15H2,1H3/t18?,20?,21-/m0/s1. The van der Waals surface area contributed by atoms with Crippen LogP contribution < -0.4 is 0 Å². The van der Waals surface area contributed by atoms with E-state index < -0.39 is 6.04 Å². The third-order valence-electron chi connectivity index (χ3n) is 6.01. The second kappa shape index (κ2) is 9.04. The predicted molar refractivity (Wildman–Crippen MR) is 116 cm³/mol. The number of amides is 1. The zero-order valence-corrected chi connectivity index (χ0v) is 17.8. The molecule has 0 aliphatic carbocycles. The Morgan fingerprint density at radius 1 is 1.07 bits per heavy atom. The molecule has 1 fully saturated rings. The van der Waals surface area contributed by atoms with Crippen molar-refractivity contribution in [3.8, 4) is 0 Å². The maximum atomic E-state index is 13.6. The average Bonchev–Trinajstić information content (AvgIpc) is 2.92. The van der Waals surface area contributed by atoms with E-state index in [0.717, 1.165) is 24.0 Å². The molecule has 0 spiro atoms. The molecule has 4 rings (SSSR count). The highest BCUT2D eigenvalue weighted by atomic mass is 32.2. The van der Waals surface area contributed by atoms with Crippen molar-refractivity contribution >= 4 is 28.8 Å². The Kier molecular flexibility index (Phi) is 6.23. The first-order valence-electron chi connectivity index (χ1n) is 10.3. The molecule has 0 N–H and O–H groups in total. The van der Waals surface area contributed by atoms with Gasteiger partial charge in [0.15, 0.2) is 0 Å². The lowest BCUT2D eigenvalue weighted by atomic mass is 9.89. The Morgan fingerprint density at radius 2 is 1.80 bits per heavy atom. The molecular weight excluding hydrogens is 398 g/mol. The van der Waals surface area contributed by atoms with Gasteiger partial charge in [0.1, 0.15) is 6.04 Å². The number of nitrogens with zero attached hydrogens (tertiary/aromatic N) is 1.